The molecule has 2 heterocycles. The lowest BCUT2D eigenvalue weighted by Crippen LogP contribution is -2.46. The minimum absolute atomic E-state index is 0.0395. The van der Waals surface area contributed by atoms with Crippen molar-refractivity contribution in [3.8, 4) is 0 Å². The van der Waals surface area contributed by atoms with E-state index < -0.39 is 0 Å². The van der Waals surface area contributed by atoms with E-state index in [1.165, 1.54) is 5.56 Å². The van der Waals surface area contributed by atoms with Crippen LogP contribution >= 0.6 is 0 Å². The van der Waals surface area contributed by atoms with E-state index in [1.54, 1.807) is 0 Å². The maximum atomic E-state index is 12.7. The second-order valence-electron chi connectivity index (χ2n) is 7.23. The number of aryl methyl sites for hydroxylation is 1. The third-order valence-corrected chi connectivity index (χ3v) is 5.06. The zero-order valence-electron chi connectivity index (χ0n) is 15.9. The van der Waals surface area contributed by atoms with Gasteiger partial charge in [0.15, 0.2) is 5.96 Å². The van der Waals surface area contributed by atoms with Gasteiger partial charge in [-0.05, 0) is 51.2 Å². The van der Waals surface area contributed by atoms with Gasteiger partial charge < -0.3 is 20.3 Å². The number of fused-ring (bicyclic) bond motifs is 1. The van der Waals surface area contributed by atoms with Crippen LogP contribution in [0.1, 0.15) is 38.7 Å². The summed E-state index contributed by atoms with van der Waals surface area (Å²) in [5.74, 6) is 0.709. The summed E-state index contributed by atoms with van der Waals surface area (Å²) in [5.41, 5.74) is 2.13. The van der Waals surface area contributed by atoms with Crippen LogP contribution in [-0.4, -0.2) is 50.3 Å². The molecule has 1 amide bonds. The van der Waals surface area contributed by atoms with Crippen LogP contribution < -0.4 is 15.5 Å². The molecule has 2 aliphatic heterocycles. The second kappa shape index (κ2) is 8.54. The van der Waals surface area contributed by atoms with Crippen molar-refractivity contribution in [3.63, 3.8) is 0 Å². The Kier molecular flexibility index (Phi) is 6.14. The first-order valence-corrected chi connectivity index (χ1v) is 9.66. The molecule has 1 saturated heterocycles. The average molecular weight is 358 g/mol. The van der Waals surface area contributed by atoms with Crippen molar-refractivity contribution in [2.45, 2.75) is 45.1 Å². The molecule has 0 aliphatic carbocycles. The standard InChI is InChI=1S/C20H30N4O2/c1-3-21-19(23-15-20(2)11-7-13-26-20)22-14-18(25)24-12-6-9-16-8-4-5-10-17(16)24/h4-5,8,10H,3,6-7,9,11-15H2,1-2H3,(H2,21,22,23). The highest BCUT2D eigenvalue weighted by Crippen LogP contribution is 2.26. The van der Waals surface area contributed by atoms with Crippen LogP contribution in [0, 0.1) is 0 Å². The van der Waals surface area contributed by atoms with E-state index in [-0.39, 0.29) is 18.1 Å². The maximum Gasteiger partial charge on any atom is 0.248 e. The van der Waals surface area contributed by atoms with E-state index >= 15 is 0 Å². The van der Waals surface area contributed by atoms with Gasteiger partial charge in [0.05, 0.1) is 5.60 Å². The number of para-hydroxylation sites is 1. The fraction of sp³-hybridized carbons (Fsp3) is 0.600. The van der Waals surface area contributed by atoms with Gasteiger partial charge in [0.2, 0.25) is 5.91 Å². The van der Waals surface area contributed by atoms with E-state index in [4.69, 9.17) is 4.74 Å². The van der Waals surface area contributed by atoms with Gasteiger partial charge in [-0.2, -0.15) is 0 Å². The quantitative estimate of drug-likeness (QED) is 0.625. The van der Waals surface area contributed by atoms with Crippen LogP contribution in [0.5, 0.6) is 0 Å². The molecule has 0 saturated carbocycles. The van der Waals surface area contributed by atoms with Crippen LogP contribution in [0.25, 0.3) is 0 Å². The Bertz CT molecular complexity index is 653. The van der Waals surface area contributed by atoms with Crippen molar-refractivity contribution in [2.75, 3.05) is 37.7 Å². The van der Waals surface area contributed by atoms with Crippen molar-refractivity contribution in [2.24, 2.45) is 4.99 Å². The molecule has 1 aromatic carbocycles. The summed E-state index contributed by atoms with van der Waals surface area (Å²) in [4.78, 5) is 19.1. The van der Waals surface area contributed by atoms with Gasteiger partial charge in [-0.15, -0.1) is 0 Å². The Labute approximate surface area is 156 Å². The van der Waals surface area contributed by atoms with Gasteiger partial charge in [-0.3, -0.25) is 4.79 Å². The number of rotatable bonds is 5. The van der Waals surface area contributed by atoms with E-state index in [2.05, 4.69) is 28.6 Å². The monoisotopic (exact) mass is 358 g/mol. The minimum Gasteiger partial charge on any atom is -0.373 e. The summed E-state index contributed by atoms with van der Waals surface area (Å²) in [5, 5.41) is 6.54. The lowest BCUT2D eigenvalue weighted by molar-refractivity contribution is -0.117. The zero-order valence-corrected chi connectivity index (χ0v) is 15.9. The van der Waals surface area contributed by atoms with Gasteiger partial charge >= 0.3 is 0 Å². The molecule has 1 atom stereocenters. The van der Waals surface area contributed by atoms with Gasteiger partial charge in [0.25, 0.3) is 0 Å². The van der Waals surface area contributed by atoms with Crippen LogP contribution in [0.15, 0.2) is 29.3 Å². The number of nitrogens with one attached hydrogen (secondary N) is 2. The van der Waals surface area contributed by atoms with E-state index in [0.29, 0.717) is 12.5 Å². The molecule has 0 aromatic heterocycles. The molecule has 6 heteroatoms. The normalized spacial score (nSPS) is 22.8. The number of carbonyl (C=O) groups excluding carboxylic acids is 1. The molecular formula is C20H30N4O2. The smallest absolute Gasteiger partial charge is 0.248 e. The molecule has 1 fully saturated rings. The van der Waals surface area contributed by atoms with E-state index in [1.807, 2.05) is 30.0 Å². The van der Waals surface area contributed by atoms with E-state index in [0.717, 1.165) is 51.1 Å². The molecule has 0 radical (unpaired) electrons. The Balaban J connectivity index is 1.61. The van der Waals surface area contributed by atoms with Crippen molar-refractivity contribution in [3.05, 3.63) is 29.8 Å². The molecule has 6 nitrogen and oxygen atoms in total. The lowest BCUT2D eigenvalue weighted by Gasteiger charge is -2.29. The molecule has 0 spiro atoms. The highest BCUT2D eigenvalue weighted by molar-refractivity contribution is 5.97. The van der Waals surface area contributed by atoms with Crippen LogP contribution in [0.3, 0.4) is 0 Å². The third kappa shape index (κ3) is 4.55. The number of nitrogens with zero attached hydrogens (tertiary/aromatic N) is 2. The summed E-state index contributed by atoms with van der Waals surface area (Å²) >= 11 is 0. The Morgan fingerprint density at radius 3 is 2.92 bits per heavy atom. The van der Waals surface area contributed by atoms with Crippen molar-refractivity contribution in [1.82, 2.24) is 10.6 Å². The number of hydrogen-bond donors (Lipinski definition) is 2. The largest absolute Gasteiger partial charge is 0.373 e. The molecule has 26 heavy (non-hydrogen) atoms. The number of benzene rings is 1. The predicted octanol–water partition coefficient (Wildman–Crippen LogP) is 2.09. The molecule has 2 N–H and O–H groups in total. The summed E-state index contributed by atoms with van der Waals surface area (Å²) in [6.45, 7) is 7.31. The molecule has 2 aliphatic rings. The van der Waals surface area contributed by atoms with Crippen LogP contribution in [0.2, 0.25) is 0 Å². The average Bonchev–Trinajstić information content (AvgIpc) is 3.10. The zero-order chi connectivity index (χ0) is 18.4. The first-order valence-electron chi connectivity index (χ1n) is 9.66. The lowest BCUT2D eigenvalue weighted by atomic mass is 10.0. The van der Waals surface area contributed by atoms with Gasteiger partial charge in [0.1, 0.15) is 6.54 Å². The first-order chi connectivity index (χ1) is 12.6. The predicted molar refractivity (Wildman–Crippen MR) is 105 cm³/mol. The van der Waals surface area contributed by atoms with Crippen molar-refractivity contribution in [1.29, 1.82) is 0 Å². The summed E-state index contributed by atoms with van der Waals surface area (Å²) < 4.78 is 5.81. The first kappa shape index (κ1) is 18.7. The molecule has 1 aromatic rings. The number of anilines is 1. The van der Waals surface area contributed by atoms with Crippen LogP contribution in [0.4, 0.5) is 5.69 Å². The number of hydrogen-bond acceptors (Lipinski definition) is 3. The highest BCUT2D eigenvalue weighted by atomic mass is 16.5. The highest BCUT2D eigenvalue weighted by Gasteiger charge is 2.29. The number of guanidine groups is 1. The fourth-order valence-corrected chi connectivity index (χ4v) is 3.61. The van der Waals surface area contributed by atoms with Gasteiger partial charge in [-0.25, -0.2) is 4.99 Å². The van der Waals surface area contributed by atoms with E-state index in [9.17, 15) is 4.79 Å². The van der Waals surface area contributed by atoms with Crippen LogP contribution in [-0.2, 0) is 16.0 Å². The molecule has 142 valence electrons. The summed E-state index contributed by atoms with van der Waals surface area (Å²) in [7, 11) is 0. The van der Waals surface area contributed by atoms with Gasteiger partial charge in [-0.1, -0.05) is 18.2 Å². The Hall–Kier alpha value is -2.08. The molecule has 3 rings (SSSR count). The fourth-order valence-electron chi connectivity index (χ4n) is 3.61. The summed E-state index contributed by atoms with van der Waals surface area (Å²) in [6.07, 6.45) is 4.17. The number of amides is 1. The minimum atomic E-state index is -0.147. The Morgan fingerprint density at radius 2 is 2.15 bits per heavy atom. The third-order valence-electron chi connectivity index (χ3n) is 5.06. The topological polar surface area (TPSA) is 66.0 Å². The molecule has 0 bridgehead atoms. The van der Waals surface area contributed by atoms with Gasteiger partial charge in [0, 0.05) is 31.9 Å². The molecular weight excluding hydrogens is 328 g/mol. The second-order valence-corrected chi connectivity index (χ2v) is 7.23. The maximum absolute atomic E-state index is 12.7. The van der Waals surface area contributed by atoms with Crippen molar-refractivity contribution >= 4 is 17.6 Å². The molecule has 1 unspecified atom stereocenters. The van der Waals surface area contributed by atoms with Crippen molar-refractivity contribution < 1.29 is 9.53 Å². The Morgan fingerprint density at radius 1 is 1.31 bits per heavy atom. The SMILES string of the molecule is CCNC(=NCC(=O)N1CCCc2ccccc21)NCC1(C)CCCO1. The number of aliphatic imine (C=N–C) groups is 1. The number of ether oxygens (including phenoxy) is 1. The summed E-state index contributed by atoms with van der Waals surface area (Å²) in [6, 6.07) is 8.15. The number of carbonyl (C=O) groups is 1.